The predicted molar refractivity (Wildman–Crippen MR) is 57.1 cm³/mol. The Hall–Kier alpha value is -2.38. The number of nitrogens with one attached hydrogen (secondary N) is 1. The number of aliphatic carboxylic acids is 2. The van der Waals surface area contributed by atoms with Crippen molar-refractivity contribution < 1.29 is 29.1 Å². The van der Waals surface area contributed by atoms with Crippen LogP contribution in [0.3, 0.4) is 0 Å². The van der Waals surface area contributed by atoms with Crippen LogP contribution in [0.4, 0.5) is 0 Å². The van der Waals surface area contributed by atoms with Crippen LogP contribution in [0.2, 0.25) is 0 Å². The van der Waals surface area contributed by atoms with E-state index in [0.717, 1.165) is 0 Å². The Labute approximate surface area is 102 Å². The predicted octanol–water partition coefficient (Wildman–Crippen LogP) is -0.0509. The molecule has 8 nitrogen and oxygen atoms in total. The van der Waals surface area contributed by atoms with Gasteiger partial charge in [-0.15, -0.1) is 0 Å². The minimum atomic E-state index is -1.50. The molecule has 18 heavy (non-hydrogen) atoms. The van der Waals surface area contributed by atoms with Crippen molar-refractivity contribution in [2.75, 3.05) is 0 Å². The molecule has 98 valence electrons. The molecule has 1 atom stereocenters. The average molecular weight is 256 g/mol. The Morgan fingerprint density at radius 3 is 2.33 bits per heavy atom. The van der Waals surface area contributed by atoms with Crippen LogP contribution in [0, 0.1) is 13.8 Å². The van der Waals surface area contributed by atoms with E-state index in [2.05, 4.69) is 10.5 Å². The number of rotatable bonds is 5. The summed E-state index contributed by atoms with van der Waals surface area (Å²) in [5.41, 5.74) is 0.427. The molecule has 0 radical (unpaired) electrons. The Balaban J connectivity index is 2.85. The zero-order chi connectivity index (χ0) is 13.9. The SMILES string of the molecule is Cc1noc(C)c1C(=O)N[C@H](CC(=O)O)C(=O)O. The third kappa shape index (κ3) is 3.06. The van der Waals surface area contributed by atoms with Gasteiger partial charge in [-0.3, -0.25) is 9.59 Å². The second kappa shape index (κ2) is 5.30. The lowest BCUT2D eigenvalue weighted by Crippen LogP contribution is -2.42. The lowest BCUT2D eigenvalue weighted by atomic mass is 10.1. The Morgan fingerprint density at radius 2 is 1.94 bits per heavy atom. The van der Waals surface area contributed by atoms with Crippen molar-refractivity contribution >= 4 is 17.8 Å². The normalized spacial score (nSPS) is 11.9. The van der Waals surface area contributed by atoms with E-state index in [0.29, 0.717) is 5.69 Å². The van der Waals surface area contributed by atoms with Gasteiger partial charge in [0.2, 0.25) is 0 Å². The molecular weight excluding hydrogens is 244 g/mol. The number of aromatic nitrogens is 1. The van der Waals surface area contributed by atoms with Crippen molar-refractivity contribution in [3.63, 3.8) is 0 Å². The molecule has 0 aliphatic heterocycles. The smallest absolute Gasteiger partial charge is 0.326 e. The molecular formula is C10H12N2O6. The van der Waals surface area contributed by atoms with Crippen molar-refractivity contribution in [2.24, 2.45) is 0 Å². The first-order valence-electron chi connectivity index (χ1n) is 5.01. The summed E-state index contributed by atoms with van der Waals surface area (Å²) in [6.45, 7) is 3.03. The fourth-order valence-corrected chi connectivity index (χ4v) is 1.41. The summed E-state index contributed by atoms with van der Waals surface area (Å²) in [5, 5.41) is 23.0. The highest BCUT2D eigenvalue weighted by atomic mass is 16.5. The quantitative estimate of drug-likeness (QED) is 0.673. The van der Waals surface area contributed by atoms with Crippen LogP contribution in [0.25, 0.3) is 0 Å². The largest absolute Gasteiger partial charge is 0.481 e. The highest BCUT2D eigenvalue weighted by Gasteiger charge is 2.26. The van der Waals surface area contributed by atoms with Crippen LogP contribution in [0.5, 0.6) is 0 Å². The standard InChI is InChI=1S/C10H12N2O6/c1-4-8(5(2)18-12-4)9(15)11-6(10(16)17)3-7(13)14/h6H,3H2,1-2H3,(H,11,15)(H,13,14)(H,16,17)/t6-/m1/s1. The van der Waals surface area contributed by atoms with E-state index < -0.39 is 30.3 Å². The first-order valence-corrected chi connectivity index (χ1v) is 5.01. The molecule has 1 amide bonds. The third-order valence-corrected chi connectivity index (χ3v) is 2.24. The summed E-state index contributed by atoms with van der Waals surface area (Å²) in [6.07, 6.45) is -0.704. The zero-order valence-corrected chi connectivity index (χ0v) is 9.76. The molecule has 8 heteroatoms. The molecule has 1 heterocycles. The summed E-state index contributed by atoms with van der Waals surface area (Å²) in [7, 11) is 0. The first-order chi connectivity index (χ1) is 8.32. The molecule has 0 saturated heterocycles. The molecule has 0 saturated carbocycles. The molecule has 3 N–H and O–H groups in total. The molecule has 0 aliphatic carbocycles. The summed E-state index contributed by atoms with van der Waals surface area (Å²) < 4.78 is 4.76. The van der Waals surface area contributed by atoms with Gasteiger partial charge in [-0.05, 0) is 13.8 Å². The maximum Gasteiger partial charge on any atom is 0.326 e. The second-order valence-electron chi connectivity index (χ2n) is 3.66. The summed E-state index contributed by atoms with van der Waals surface area (Å²) in [4.78, 5) is 33.0. The molecule has 1 aromatic heterocycles. The van der Waals surface area contributed by atoms with E-state index >= 15 is 0 Å². The van der Waals surface area contributed by atoms with Crippen molar-refractivity contribution in [3.05, 3.63) is 17.0 Å². The number of carboxylic acids is 2. The van der Waals surface area contributed by atoms with Gasteiger partial charge >= 0.3 is 11.9 Å². The second-order valence-corrected chi connectivity index (χ2v) is 3.66. The highest BCUT2D eigenvalue weighted by Crippen LogP contribution is 2.12. The van der Waals surface area contributed by atoms with E-state index in [4.69, 9.17) is 14.7 Å². The van der Waals surface area contributed by atoms with Crippen molar-refractivity contribution in [1.29, 1.82) is 0 Å². The molecule has 0 aromatic carbocycles. The van der Waals surface area contributed by atoms with Crippen molar-refractivity contribution in [1.82, 2.24) is 10.5 Å². The number of amides is 1. The van der Waals surface area contributed by atoms with Gasteiger partial charge in [-0.2, -0.15) is 0 Å². The molecule has 0 unspecified atom stereocenters. The van der Waals surface area contributed by atoms with Gasteiger partial charge in [0.1, 0.15) is 17.4 Å². The Morgan fingerprint density at radius 1 is 1.33 bits per heavy atom. The monoisotopic (exact) mass is 256 g/mol. The van der Waals surface area contributed by atoms with E-state index in [1.807, 2.05) is 0 Å². The van der Waals surface area contributed by atoms with Gasteiger partial charge < -0.3 is 20.1 Å². The summed E-state index contributed by atoms with van der Waals surface area (Å²) in [6, 6.07) is -1.50. The third-order valence-electron chi connectivity index (χ3n) is 2.24. The number of nitrogens with zero attached hydrogens (tertiary/aromatic N) is 1. The minimum absolute atomic E-state index is 0.117. The van der Waals surface area contributed by atoms with E-state index in [9.17, 15) is 14.4 Å². The molecule has 0 bridgehead atoms. The lowest BCUT2D eigenvalue weighted by Gasteiger charge is -2.11. The van der Waals surface area contributed by atoms with Gasteiger partial charge in [-0.25, -0.2) is 4.79 Å². The minimum Gasteiger partial charge on any atom is -0.481 e. The van der Waals surface area contributed by atoms with Crippen LogP contribution < -0.4 is 5.32 Å². The molecule has 0 aliphatic rings. The number of carbonyl (C=O) groups is 3. The van der Waals surface area contributed by atoms with Crippen molar-refractivity contribution in [2.45, 2.75) is 26.3 Å². The maximum absolute atomic E-state index is 11.8. The van der Waals surface area contributed by atoms with Crippen LogP contribution >= 0.6 is 0 Å². The van der Waals surface area contributed by atoms with Gasteiger partial charge in [0, 0.05) is 0 Å². The van der Waals surface area contributed by atoms with E-state index in [1.54, 1.807) is 0 Å². The van der Waals surface area contributed by atoms with E-state index in [-0.39, 0.29) is 11.3 Å². The average Bonchev–Trinajstić information content (AvgIpc) is 2.56. The molecule has 0 fully saturated rings. The van der Waals surface area contributed by atoms with Crippen LogP contribution in [0.1, 0.15) is 28.2 Å². The number of aryl methyl sites for hydroxylation is 2. The van der Waals surface area contributed by atoms with Gasteiger partial charge in [-0.1, -0.05) is 5.16 Å². The fraction of sp³-hybridized carbons (Fsp3) is 0.400. The molecule has 1 rings (SSSR count). The summed E-state index contributed by atoms with van der Waals surface area (Å²) >= 11 is 0. The molecule has 0 spiro atoms. The lowest BCUT2D eigenvalue weighted by molar-refractivity contribution is -0.145. The number of hydrogen-bond acceptors (Lipinski definition) is 5. The van der Waals surface area contributed by atoms with Crippen LogP contribution in [-0.2, 0) is 9.59 Å². The van der Waals surface area contributed by atoms with E-state index in [1.165, 1.54) is 13.8 Å². The zero-order valence-electron chi connectivity index (χ0n) is 9.76. The number of carboxylic acid groups (broad SMARTS) is 2. The van der Waals surface area contributed by atoms with Gasteiger partial charge in [0.25, 0.3) is 5.91 Å². The highest BCUT2D eigenvalue weighted by molar-refractivity contribution is 5.98. The molecule has 1 aromatic rings. The Bertz CT molecular complexity index is 473. The van der Waals surface area contributed by atoms with Crippen molar-refractivity contribution in [3.8, 4) is 0 Å². The Kier molecular flexibility index (Phi) is 4.03. The summed E-state index contributed by atoms with van der Waals surface area (Å²) in [5.74, 6) is -3.22. The topological polar surface area (TPSA) is 130 Å². The van der Waals surface area contributed by atoms with Gasteiger partial charge in [0.05, 0.1) is 12.1 Å². The van der Waals surface area contributed by atoms with Crippen LogP contribution in [-0.4, -0.2) is 39.3 Å². The first kappa shape index (κ1) is 13.7. The van der Waals surface area contributed by atoms with Gasteiger partial charge in [0.15, 0.2) is 0 Å². The number of carbonyl (C=O) groups excluding carboxylic acids is 1. The number of hydrogen-bond donors (Lipinski definition) is 3. The maximum atomic E-state index is 11.8. The van der Waals surface area contributed by atoms with Crippen LogP contribution in [0.15, 0.2) is 4.52 Å². The fourth-order valence-electron chi connectivity index (χ4n) is 1.41.